The van der Waals surface area contributed by atoms with Gasteiger partial charge in [-0.15, -0.1) is 24.0 Å². The normalized spacial score (nSPS) is 12.4. The minimum Gasteiger partial charge on any atom is -0.361 e. The van der Waals surface area contributed by atoms with E-state index in [2.05, 4.69) is 84.8 Å². The third-order valence-electron chi connectivity index (χ3n) is 4.73. The molecule has 25 heavy (non-hydrogen) atoms. The van der Waals surface area contributed by atoms with Crippen molar-refractivity contribution < 1.29 is 0 Å². The summed E-state index contributed by atoms with van der Waals surface area (Å²) in [5.74, 6) is 0.848. The first-order chi connectivity index (χ1) is 11.3. The minimum absolute atomic E-state index is 0. The number of hydrogen-bond donors (Lipinski definition) is 3. The number of rotatable bonds is 6. The van der Waals surface area contributed by atoms with Gasteiger partial charge in [-0.3, -0.25) is 4.99 Å². The lowest BCUT2D eigenvalue weighted by atomic mass is 10.0. The Morgan fingerprint density at radius 2 is 1.96 bits per heavy atom. The number of aromatic nitrogens is 1. The highest BCUT2D eigenvalue weighted by atomic mass is 127. The van der Waals surface area contributed by atoms with Crippen LogP contribution in [0.4, 0.5) is 0 Å². The quantitative estimate of drug-likeness (QED) is 0.355. The van der Waals surface area contributed by atoms with E-state index in [0.29, 0.717) is 0 Å². The van der Waals surface area contributed by atoms with Gasteiger partial charge in [0.15, 0.2) is 5.96 Å². The fraction of sp³-hybridized carbons (Fsp3) is 0.526. The molecular formula is C19H32IN5. The molecule has 1 heterocycles. The summed E-state index contributed by atoms with van der Waals surface area (Å²) in [5.41, 5.74) is 3.90. The van der Waals surface area contributed by atoms with Gasteiger partial charge < -0.3 is 20.5 Å². The van der Waals surface area contributed by atoms with Crippen LogP contribution in [0, 0.1) is 6.92 Å². The molecule has 0 saturated heterocycles. The van der Waals surface area contributed by atoms with Crippen molar-refractivity contribution in [2.45, 2.75) is 32.7 Å². The van der Waals surface area contributed by atoms with Gasteiger partial charge in [-0.25, -0.2) is 0 Å². The van der Waals surface area contributed by atoms with Crippen molar-refractivity contribution >= 4 is 40.8 Å². The van der Waals surface area contributed by atoms with E-state index in [1.165, 1.54) is 22.0 Å². The van der Waals surface area contributed by atoms with Crippen molar-refractivity contribution in [2.75, 3.05) is 34.2 Å². The number of nitrogens with zero attached hydrogens (tertiary/aromatic N) is 2. The second-order valence-corrected chi connectivity index (χ2v) is 7.17. The largest absolute Gasteiger partial charge is 0.361 e. The summed E-state index contributed by atoms with van der Waals surface area (Å²) in [6.07, 6.45) is 3.07. The molecule has 0 fully saturated rings. The number of H-pyrrole nitrogens is 1. The van der Waals surface area contributed by atoms with Gasteiger partial charge in [-0.1, -0.05) is 12.1 Å². The van der Waals surface area contributed by atoms with Crippen molar-refractivity contribution in [3.8, 4) is 0 Å². The van der Waals surface area contributed by atoms with E-state index < -0.39 is 0 Å². The van der Waals surface area contributed by atoms with E-state index in [4.69, 9.17) is 0 Å². The van der Waals surface area contributed by atoms with Crippen LogP contribution in [0.3, 0.4) is 0 Å². The molecule has 0 unspecified atom stereocenters. The second kappa shape index (κ2) is 9.43. The van der Waals surface area contributed by atoms with Gasteiger partial charge in [-0.2, -0.15) is 0 Å². The number of guanidine groups is 1. The summed E-state index contributed by atoms with van der Waals surface area (Å²) < 4.78 is 0. The number of hydrogen-bond acceptors (Lipinski definition) is 2. The lowest BCUT2D eigenvalue weighted by Crippen LogP contribution is -2.51. The van der Waals surface area contributed by atoms with Crippen molar-refractivity contribution in [3.05, 3.63) is 35.5 Å². The number of benzene rings is 1. The summed E-state index contributed by atoms with van der Waals surface area (Å²) in [7, 11) is 6.00. The van der Waals surface area contributed by atoms with E-state index in [1.807, 2.05) is 7.05 Å². The lowest BCUT2D eigenvalue weighted by molar-refractivity contribution is 0.197. The van der Waals surface area contributed by atoms with Crippen LogP contribution in [-0.2, 0) is 6.42 Å². The second-order valence-electron chi connectivity index (χ2n) is 7.17. The highest BCUT2D eigenvalue weighted by molar-refractivity contribution is 14.0. The Morgan fingerprint density at radius 3 is 2.60 bits per heavy atom. The first-order valence-corrected chi connectivity index (χ1v) is 8.52. The monoisotopic (exact) mass is 457 g/mol. The standard InChI is InChI=1S/C19H31N5.HI/c1-14-7-8-16-15(12-22-17(16)11-14)9-10-21-18(20-4)23-13-19(2,3)24(5)6;/h7-8,11-12,22H,9-10,13H2,1-6H3,(H2,20,21,23);1H. The van der Waals surface area contributed by atoms with E-state index in [1.54, 1.807) is 0 Å². The molecular weight excluding hydrogens is 425 g/mol. The number of aryl methyl sites for hydroxylation is 1. The molecule has 0 spiro atoms. The first-order valence-electron chi connectivity index (χ1n) is 8.52. The predicted molar refractivity (Wildman–Crippen MR) is 119 cm³/mol. The molecule has 0 aliphatic rings. The number of aliphatic imine (C=N–C) groups is 1. The van der Waals surface area contributed by atoms with Gasteiger partial charge >= 0.3 is 0 Å². The van der Waals surface area contributed by atoms with Crippen LogP contribution in [0.1, 0.15) is 25.0 Å². The van der Waals surface area contributed by atoms with Gasteiger partial charge in [0, 0.05) is 42.8 Å². The molecule has 0 saturated carbocycles. The molecule has 0 aliphatic carbocycles. The zero-order valence-corrected chi connectivity index (χ0v) is 18.6. The fourth-order valence-electron chi connectivity index (χ4n) is 2.50. The molecule has 2 rings (SSSR count). The maximum absolute atomic E-state index is 4.31. The Morgan fingerprint density at radius 1 is 1.24 bits per heavy atom. The lowest BCUT2D eigenvalue weighted by Gasteiger charge is -2.33. The molecule has 5 nitrogen and oxygen atoms in total. The summed E-state index contributed by atoms with van der Waals surface area (Å²) in [6.45, 7) is 8.23. The van der Waals surface area contributed by atoms with Crippen LogP contribution in [0.5, 0.6) is 0 Å². The molecule has 3 N–H and O–H groups in total. The van der Waals surface area contributed by atoms with Crippen molar-refractivity contribution in [2.24, 2.45) is 4.99 Å². The van der Waals surface area contributed by atoms with Gasteiger partial charge in [0.2, 0.25) is 0 Å². The van der Waals surface area contributed by atoms with Crippen molar-refractivity contribution in [3.63, 3.8) is 0 Å². The highest BCUT2D eigenvalue weighted by Gasteiger charge is 2.20. The maximum atomic E-state index is 4.31. The van der Waals surface area contributed by atoms with Gasteiger partial charge in [0.05, 0.1) is 0 Å². The number of halogens is 1. The summed E-state index contributed by atoms with van der Waals surface area (Å²) in [4.78, 5) is 9.88. The van der Waals surface area contributed by atoms with E-state index in [-0.39, 0.29) is 29.5 Å². The average molecular weight is 457 g/mol. The SMILES string of the molecule is CN=C(NCCc1c[nH]c2cc(C)ccc12)NCC(C)(C)N(C)C.I. The molecule has 0 amide bonds. The van der Waals surface area contributed by atoms with Crippen molar-refractivity contribution in [1.29, 1.82) is 0 Å². The number of nitrogens with one attached hydrogen (secondary N) is 3. The third-order valence-corrected chi connectivity index (χ3v) is 4.73. The number of fused-ring (bicyclic) bond motifs is 1. The fourth-order valence-corrected chi connectivity index (χ4v) is 2.50. The van der Waals surface area contributed by atoms with Crippen LogP contribution in [0.25, 0.3) is 10.9 Å². The molecule has 0 aliphatic heterocycles. The molecule has 0 atom stereocenters. The van der Waals surface area contributed by atoms with Crippen LogP contribution in [-0.4, -0.2) is 55.6 Å². The highest BCUT2D eigenvalue weighted by Crippen LogP contribution is 2.19. The predicted octanol–water partition coefficient (Wildman–Crippen LogP) is 3.14. The van der Waals surface area contributed by atoms with E-state index in [9.17, 15) is 0 Å². The molecule has 0 bridgehead atoms. The molecule has 1 aromatic heterocycles. The Labute approximate surface area is 168 Å². The van der Waals surface area contributed by atoms with Crippen LogP contribution in [0.15, 0.2) is 29.4 Å². The molecule has 0 radical (unpaired) electrons. The zero-order chi connectivity index (χ0) is 17.7. The van der Waals surface area contributed by atoms with Crippen LogP contribution >= 0.6 is 24.0 Å². The Balaban J connectivity index is 0.00000312. The van der Waals surface area contributed by atoms with E-state index in [0.717, 1.165) is 25.5 Å². The molecule has 2 aromatic rings. The number of aromatic amines is 1. The Hall–Kier alpha value is -1.28. The van der Waals surface area contributed by atoms with E-state index >= 15 is 0 Å². The smallest absolute Gasteiger partial charge is 0.191 e. The van der Waals surface area contributed by atoms with Gasteiger partial charge in [0.25, 0.3) is 0 Å². The molecule has 6 heteroatoms. The first kappa shape index (κ1) is 21.8. The van der Waals surface area contributed by atoms with Gasteiger partial charge in [-0.05, 0) is 58.5 Å². The topological polar surface area (TPSA) is 55.5 Å². The number of likely N-dealkylation sites (N-methyl/N-ethyl adjacent to an activating group) is 1. The summed E-state index contributed by atoms with van der Waals surface area (Å²) in [6, 6.07) is 6.55. The average Bonchev–Trinajstić information content (AvgIpc) is 2.92. The minimum atomic E-state index is 0. The van der Waals surface area contributed by atoms with Gasteiger partial charge in [0.1, 0.15) is 0 Å². The van der Waals surface area contributed by atoms with Crippen LogP contribution in [0.2, 0.25) is 0 Å². The van der Waals surface area contributed by atoms with Crippen molar-refractivity contribution in [1.82, 2.24) is 20.5 Å². The Kier molecular flexibility index (Phi) is 8.21. The summed E-state index contributed by atoms with van der Waals surface area (Å²) in [5, 5.41) is 8.11. The van der Waals surface area contributed by atoms with Crippen LogP contribution < -0.4 is 10.6 Å². The zero-order valence-electron chi connectivity index (χ0n) is 16.2. The maximum Gasteiger partial charge on any atom is 0.191 e. The summed E-state index contributed by atoms with van der Waals surface area (Å²) >= 11 is 0. The third kappa shape index (κ3) is 5.88. The Bertz CT molecular complexity index is 703. The molecule has 1 aromatic carbocycles. The molecule has 140 valence electrons.